The summed E-state index contributed by atoms with van der Waals surface area (Å²) in [7, 11) is -2.39. The van der Waals surface area contributed by atoms with Gasteiger partial charge in [-0.05, 0) is 30.2 Å². The molecule has 1 amide bonds. The summed E-state index contributed by atoms with van der Waals surface area (Å²) in [4.78, 5) is 11.5. The van der Waals surface area contributed by atoms with Crippen molar-refractivity contribution in [2.75, 3.05) is 7.11 Å². The number of carbonyl (C=O) groups excluding carboxylic acids is 1. The normalized spacial score (nSPS) is 13.1. The van der Waals surface area contributed by atoms with Crippen LogP contribution < -0.4 is 14.9 Å². The number of hydroxylamine groups is 1. The second-order valence-corrected chi connectivity index (χ2v) is 6.21. The summed E-state index contributed by atoms with van der Waals surface area (Å²) < 4.78 is 31.5. The third kappa shape index (κ3) is 3.92. The van der Waals surface area contributed by atoms with Gasteiger partial charge in [-0.2, -0.15) is 4.72 Å². The number of ether oxygens (including phenoxy) is 1. The Labute approximate surface area is 118 Å². The molecule has 0 saturated carbocycles. The first-order chi connectivity index (χ1) is 9.31. The van der Waals surface area contributed by atoms with E-state index < -0.39 is 22.0 Å². The van der Waals surface area contributed by atoms with E-state index in [1.54, 1.807) is 13.8 Å². The van der Waals surface area contributed by atoms with Gasteiger partial charge in [0, 0.05) is 0 Å². The van der Waals surface area contributed by atoms with Crippen molar-refractivity contribution in [2.45, 2.75) is 24.8 Å². The molecule has 1 rings (SSSR count). The van der Waals surface area contributed by atoms with Crippen molar-refractivity contribution < 1.29 is 23.2 Å². The van der Waals surface area contributed by atoms with Crippen LogP contribution in [0.3, 0.4) is 0 Å². The molecule has 0 bridgehead atoms. The summed E-state index contributed by atoms with van der Waals surface area (Å²) >= 11 is 0. The second kappa shape index (κ2) is 6.69. The highest BCUT2D eigenvalue weighted by atomic mass is 32.2. The first-order valence-corrected chi connectivity index (χ1v) is 7.40. The molecule has 1 aromatic rings. The lowest BCUT2D eigenvalue weighted by molar-refractivity contribution is -0.131. The molecule has 0 spiro atoms. The number of carbonyl (C=O) groups is 1. The molecule has 3 N–H and O–H groups in total. The Bertz CT molecular complexity index is 554. The molecular formula is C12H18N2O5S. The highest BCUT2D eigenvalue weighted by Gasteiger charge is 2.28. The maximum absolute atomic E-state index is 12.2. The van der Waals surface area contributed by atoms with Gasteiger partial charge in [-0.1, -0.05) is 13.8 Å². The zero-order chi connectivity index (χ0) is 15.3. The Morgan fingerprint density at radius 1 is 1.25 bits per heavy atom. The minimum Gasteiger partial charge on any atom is -0.497 e. The predicted molar refractivity (Wildman–Crippen MR) is 71.9 cm³/mol. The van der Waals surface area contributed by atoms with Crippen LogP contribution in [0.25, 0.3) is 0 Å². The van der Waals surface area contributed by atoms with E-state index in [-0.39, 0.29) is 10.8 Å². The van der Waals surface area contributed by atoms with Crippen LogP contribution >= 0.6 is 0 Å². The molecule has 0 aliphatic rings. The van der Waals surface area contributed by atoms with Gasteiger partial charge in [-0.25, -0.2) is 13.9 Å². The summed E-state index contributed by atoms with van der Waals surface area (Å²) in [5.41, 5.74) is 1.45. The monoisotopic (exact) mass is 302 g/mol. The van der Waals surface area contributed by atoms with Crippen molar-refractivity contribution in [3.8, 4) is 5.75 Å². The quantitative estimate of drug-likeness (QED) is 0.524. The summed E-state index contributed by atoms with van der Waals surface area (Å²) in [6.45, 7) is 3.33. The van der Waals surface area contributed by atoms with Gasteiger partial charge in [0.1, 0.15) is 11.8 Å². The summed E-state index contributed by atoms with van der Waals surface area (Å²) in [5, 5.41) is 8.64. The van der Waals surface area contributed by atoms with E-state index in [1.807, 2.05) is 0 Å². The van der Waals surface area contributed by atoms with Crippen molar-refractivity contribution in [3.05, 3.63) is 24.3 Å². The fourth-order valence-electron chi connectivity index (χ4n) is 1.55. The minimum absolute atomic E-state index is 0.00897. The zero-order valence-electron chi connectivity index (χ0n) is 11.5. The molecule has 0 heterocycles. The molecular weight excluding hydrogens is 284 g/mol. The van der Waals surface area contributed by atoms with E-state index in [9.17, 15) is 13.2 Å². The van der Waals surface area contributed by atoms with Gasteiger partial charge in [-0.3, -0.25) is 10.0 Å². The molecule has 0 radical (unpaired) electrons. The molecule has 0 fully saturated rings. The van der Waals surface area contributed by atoms with Crippen LogP contribution in [-0.4, -0.2) is 32.7 Å². The Hall–Kier alpha value is -1.64. The molecule has 7 nitrogen and oxygen atoms in total. The lowest BCUT2D eigenvalue weighted by Crippen LogP contribution is -2.48. The topological polar surface area (TPSA) is 105 Å². The van der Waals surface area contributed by atoms with Crippen molar-refractivity contribution in [2.24, 2.45) is 5.92 Å². The number of amides is 1. The molecule has 1 atom stereocenters. The molecule has 0 saturated heterocycles. The van der Waals surface area contributed by atoms with Crippen molar-refractivity contribution in [1.82, 2.24) is 10.2 Å². The molecule has 112 valence electrons. The van der Waals surface area contributed by atoms with Gasteiger partial charge in [-0.15, -0.1) is 0 Å². The average molecular weight is 302 g/mol. The second-order valence-electron chi connectivity index (χ2n) is 4.49. The molecule has 20 heavy (non-hydrogen) atoms. The summed E-state index contributed by atoms with van der Waals surface area (Å²) in [6.07, 6.45) is 0. The highest BCUT2D eigenvalue weighted by Crippen LogP contribution is 2.16. The van der Waals surface area contributed by atoms with Crippen molar-refractivity contribution >= 4 is 15.9 Å². The zero-order valence-corrected chi connectivity index (χ0v) is 12.3. The summed E-state index contributed by atoms with van der Waals surface area (Å²) in [5.74, 6) is -0.607. The Balaban J connectivity index is 3.00. The summed E-state index contributed by atoms with van der Waals surface area (Å²) in [6, 6.07) is 4.69. The van der Waals surface area contributed by atoms with E-state index in [1.165, 1.54) is 36.9 Å². The van der Waals surface area contributed by atoms with E-state index in [0.29, 0.717) is 5.75 Å². The van der Waals surface area contributed by atoms with E-state index in [2.05, 4.69) is 4.72 Å². The fourth-order valence-corrected chi connectivity index (χ4v) is 2.90. The van der Waals surface area contributed by atoms with Crippen LogP contribution in [-0.2, 0) is 14.8 Å². The lowest BCUT2D eigenvalue weighted by atomic mass is 10.1. The van der Waals surface area contributed by atoms with Gasteiger partial charge >= 0.3 is 0 Å². The Kier molecular flexibility index (Phi) is 5.49. The SMILES string of the molecule is COc1ccc(S(=O)(=O)N[C@H](C(=O)NO)C(C)C)cc1. The maximum Gasteiger partial charge on any atom is 0.261 e. The lowest BCUT2D eigenvalue weighted by Gasteiger charge is -2.20. The maximum atomic E-state index is 12.2. The number of benzene rings is 1. The van der Waals surface area contributed by atoms with Crippen LogP contribution in [0.2, 0.25) is 0 Å². The highest BCUT2D eigenvalue weighted by molar-refractivity contribution is 7.89. The Morgan fingerprint density at radius 3 is 2.20 bits per heavy atom. The first-order valence-electron chi connectivity index (χ1n) is 5.92. The molecule has 8 heteroatoms. The van der Waals surface area contributed by atoms with E-state index in [4.69, 9.17) is 9.94 Å². The van der Waals surface area contributed by atoms with Crippen LogP contribution in [0.5, 0.6) is 5.75 Å². The largest absolute Gasteiger partial charge is 0.497 e. The minimum atomic E-state index is -3.86. The van der Waals surface area contributed by atoms with Crippen molar-refractivity contribution in [1.29, 1.82) is 0 Å². The van der Waals surface area contributed by atoms with Gasteiger partial charge in [0.2, 0.25) is 10.0 Å². The van der Waals surface area contributed by atoms with Gasteiger partial charge in [0.05, 0.1) is 12.0 Å². The van der Waals surface area contributed by atoms with E-state index in [0.717, 1.165) is 0 Å². The number of hydrogen-bond acceptors (Lipinski definition) is 5. The standard InChI is InChI=1S/C12H18N2O5S/c1-8(2)11(12(15)13-16)14-20(17,18)10-6-4-9(19-3)5-7-10/h4-8,11,14,16H,1-3H3,(H,13,15)/t11-/m0/s1. The predicted octanol–water partition coefficient (Wildman–Crippen LogP) is 0.503. The van der Waals surface area contributed by atoms with Crippen LogP contribution in [0.15, 0.2) is 29.2 Å². The molecule has 0 unspecified atom stereocenters. The third-order valence-electron chi connectivity index (χ3n) is 2.71. The Morgan fingerprint density at radius 2 is 1.80 bits per heavy atom. The van der Waals surface area contributed by atoms with Gasteiger partial charge in [0.15, 0.2) is 0 Å². The van der Waals surface area contributed by atoms with Crippen LogP contribution in [0.1, 0.15) is 13.8 Å². The fraction of sp³-hybridized carbons (Fsp3) is 0.417. The van der Waals surface area contributed by atoms with Crippen LogP contribution in [0, 0.1) is 5.92 Å². The average Bonchev–Trinajstić information content (AvgIpc) is 2.43. The molecule has 0 aliphatic heterocycles. The third-order valence-corrected chi connectivity index (χ3v) is 4.17. The number of methoxy groups -OCH3 is 1. The number of sulfonamides is 1. The van der Waals surface area contributed by atoms with Crippen LogP contribution in [0.4, 0.5) is 0 Å². The number of rotatable bonds is 6. The molecule has 1 aromatic carbocycles. The van der Waals surface area contributed by atoms with Gasteiger partial charge in [0.25, 0.3) is 5.91 Å². The number of nitrogens with one attached hydrogen (secondary N) is 2. The smallest absolute Gasteiger partial charge is 0.261 e. The number of hydrogen-bond donors (Lipinski definition) is 3. The van der Waals surface area contributed by atoms with Gasteiger partial charge < -0.3 is 4.74 Å². The van der Waals surface area contributed by atoms with Crippen molar-refractivity contribution in [3.63, 3.8) is 0 Å². The molecule has 0 aliphatic carbocycles. The van der Waals surface area contributed by atoms with E-state index >= 15 is 0 Å². The molecule has 0 aromatic heterocycles. The first kappa shape index (κ1) is 16.4.